The number of aromatic nitrogens is 3. The fourth-order valence-corrected chi connectivity index (χ4v) is 2.34. The maximum atomic E-state index is 13.5. The Morgan fingerprint density at radius 3 is 2.43 bits per heavy atom. The summed E-state index contributed by atoms with van der Waals surface area (Å²) in [5.41, 5.74) is 1.15. The van der Waals surface area contributed by atoms with Crippen molar-refractivity contribution < 1.29 is 4.39 Å². The lowest BCUT2D eigenvalue weighted by Crippen LogP contribution is -2.22. The van der Waals surface area contributed by atoms with E-state index in [1.165, 1.54) is 4.57 Å². The number of hydrogen-bond donors (Lipinski definition) is 0. The van der Waals surface area contributed by atoms with Gasteiger partial charge < -0.3 is 0 Å². The summed E-state index contributed by atoms with van der Waals surface area (Å²) in [6.07, 6.45) is 0. The fraction of sp³-hybridized carbons (Fsp3) is 0.0714. The van der Waals surface area contributed by atoms with Crippen LogP contribution in [0.15, 0.2) is 35.1 Å². The summed E-state index contributed by atoms with van der Waals surface area (Å²) in [5, 5.41) is -0.217. The molecule has 0 aliphatic carbocycles. The molecule has 0 unspecified atom stereocenters. The second-order valence-corrected chi connectivity index (χ2v) is 5.20. The van der Waals surface area contributed by atoms with E-state index in [1.54, 1.807) is 12.1 Å². The summed E-state index contributed by atoms with van der Waals surface area (Å²) in [6, 6.07) is 8.28. The van der Waals surface area contributed by atoms with Gasteiger partial charge >= 0.3 is 5.69 Å². The van der Waals surface area contributed by atoms with E-state index in [0.717, 1.165) is 11.6 Å². The van der Waals surface area contributed by atoms with Gasteiger partial charge in [-0.15, -0.1) is 0 Å². The van der Waals surface area contributed by atoms with Crippen LogP contribution >= 0.6 is 23.2 Å². The molecule has 0 aliphatic heterocycles. The van der Waals surface area contributed by atoms with Crippen molar-refractivity contribution in [2.24, 2.45) is 0 Å². The molecule has 2 heterocycles. The third-order valence-electron chi connectivity index (χ3n) is 3.02. The van der Waals surface area contributed by atoms with Crippen LogP contribution in [0, 0.1) is 12.7 Å². The van der Waals surface area contributed by atoms with E-state index < -0.39 is 11.5 Å². The van der Waals surface area contributed by atoms with Gasteiger partial charge in [-0.25, -0.2) is 18.7 Å². The van der Waals surface area contributed by atoms with Crippen LogP contribution in [0.25, 0.3) is 16.7 Å². The molecule has 0 fully saturated rings. The quantitative estimate of drug-likeness (QED) is 0.508. The average molecular weight is 324 g/mol. The minimum atomic E-state index is -0.720. The Kier molecular flexibility index (Phi) is 3.39. The van der Waals surface area contributed by atoms with Gasteiger partial charge in [0.1, 0.15) is 5.15 Å². The Labute approximate surface area is 128 Å². The number of rotatable bonds is 1. The van der Waals surface area contributed by atoms with Crippen LogP contribution in [0.2, 0.25) is 10.3 Å². The van der Waals surface area contributed by atoms with Crippen LogP contribution in [-0.2, 0) is 0 Å². The summed E-state index contributed by atoms with van der Waals surface area (Å²) in [5.74, 6) is -0.720. The molecule has 106 valence electrons. The van der Waals surface area contributed by atoms with E-state index in [-0.39, 0.29) is 21.3 Å². The molecule has 7 heteroatoms. The van der Waals surface area contributed by atoms with Crippen LogP contribution in [0.5, 0.6) is 0 Å². The topological polar surface area (TPSA) is 47.8 Å². The third-order valence-corrected chi connectivity index (χ3v) is 3.58. The first-order valence-electron chi connectivity index (χ1n) is 5.99. The number of nitrogens with zero attached hydrogens (tertiary/aromatic N) is 3. The first-order valence-corrected chi connectivity index (χ1v) is 6.74. The van der Waals surface area contributed by atoms with E-state index >= 15 is 0 Å². The Balaban J connectivity index is 2.44. The molecule has 0 N–H and O–H groups in total. The molecule has 0 saturated carbocycles. The zero-order chi connectivity index (χ0) is 15.1. The molecule has 0 saturated heterocycles. The summed E-state index contributed by atoms with van der Waals surface area (Å²) in [4.78, 5) is 19.7. The summed E-state index contributed by atoms with van der Waals surface area (Å²) < 4.78 is 14.8. The number of fused-ring (bicyclic) bond motifs is 1. The molecule has 0 amide bonds. The summed E-state index contributed by atoms with van der Waals surface area (Å²) in [7, 11) is 0. The van der Waals surface area contributed by atoms with Crippen molar-refractivity contribution in [1.82, 2.24) is 14.5 Å². The van der Waals surface area contributed by atoms with Crippen LogP contribution < -0.4 is 5.69 Å². The monoisotopic (exact) mass is 323 g/mol. The van der Waals surface area contributed by atoms with Gasteiger partial charge in [-0.1, -0.05) is 40.9 Å². The van der Waals surface area contributed by atoms with Gasteiger partial charge in [0.05, 0.1) is 11.1 Å². The molecule has 0 atom stereocenters. The molecule has 0 aliphatic rings. The van der Waals surface area contributed by atoms with E-state index in [1.807, 2.05) is 19.1 Å². The van der Waals surface area contributed by atoms with Gasteiger partial charge in [0.15, 0.2) is 16.6 Å². The predicted octanol–water partition coefficient (Wildman–Crippen LogP) is 3.54. The first-order chi connectivity index (χ1) is 9.97. The lowest BCUT2D eigenvalue weighted by molar-refractivity contribution is 0.624. The Morgan fingerprint density at radius 2 is 1.76 bits per heavy atom. The maximum Gasteiger partial charge on any atom is 0.355 e. The SMILES string of the molecule is Cc1ccc(-n2c(=O)nc(Cl)c3cc(F)c(Cl)nc32)cc1. The van der Waals surface area contributed by atoms with Crippen LogP contribution in [0.3, 0.4) is 0 Å². The highest BCUT2D eigenvalue weighted by Crippen LogP contribution is 2.24. The highest BCUT2D eigenvalue weighted by Gasteiger charge is 2.15. The normalized spacial score (nSPS) is 11.0. The van der Waals surface area contributed by atoms with Crippen molar-refractivity contribution in [3.05, 3.63) is 62.5 Å². The van der Waals surface area contributed by atoms with E-state index in [2.05, 4.69) is 9.97 Å². The molecule has 21 heavy (non-hydrogen) atoms. The van der Waals surface area contributed by atoms with E-state index in [0.29, 0.717) is 5.69 Å². The van der Waals surface area contributed by atoms with E-state index in [9.17, 15) is 9.18 Å². The first kappa shape index (κ1) is 14.0. The number of benzene rings is 1. The smallest absolute Gasteiger partial charge is 0.245 e. The van der Waals surface area contributed by atoms with Crippen molar-refractivity contribution in [2.75, 3.05) is 0 Å². The molecule has 0 spiro atoms. The Bertz CT molecular complexity index is 907. The second-order valence-electron chi connectivity index (χ2n) is 4.49. The molecular formula is C14H8Cl2FN3O. The van der Waals surface area contributed by atoms with Crippen LogP contribution in [0.4, 0.5) is 4.39 Å². The van der Waals surface area contributed by atoms with Crippen molar-refractivity contribution >= 4 is 34.2 Å². The molecule has 0 radical (unpaired) electrons. The van der Waals surface area contributed by atoms with Gasteiger partial charge in [-0.3, -0.25) is 0 Å². The Morgan fingerprint density at radius 1 is 1.10 bits per heavy atom. The average Bonchev–Trinajstić information content (AvgIpc) is 2.43. The standard InChI is InChI=1S/C14H8Cl2FN3O/c1-7-2-4-8(5-3-7)20-13-9(11(15)19-14(20)21)6-10(17)12(16)18-13/h2-6H,1H3. The van der Waals surface area contributed by atoms with E-state index in [4.69, 9.17) is 23.2 Å². The van der Waals surface area contributed by atoms with Crippen molar-refractivity contribution in [3.8, 4) is 5.69 Å². The molecule has 2 aromatic heterocycles. The van der Waals surface area contributed by atoms with Crippen LogP contribution in [0.1, 0.15) is 5.56 Å². The highest BCUT2D eigenvalue weighted by atomic mass is 35.5. The largest absolute Gasteiger partial charge is 0.355 e. The van der Waals surface area contributed by atoms with Crippen molar-refractivity contribution in [2.45, 2.75) is 6.92 Å². The Hall–Kier alpha value is -1.98. The molecule has 3 rings (SSSR count). The summed E-state index contributed by atoms with van der Waals surface area (Å²) in [6.45, 7) is 1.93. The van der Waals surface area contributed by atoms with Gasteiger partial charge in [0.25, 0.3) is 0 Å². The molecule has 4 nitrogen and oxygen atoms in total. The van der Waals surface area contributed by atoms with Gasteiger partial charge in [-0.2, -0.15) is 4.98 Å². The second kappa shape index (κ2) is 5.09. The fourth-order valence-electron chi connectivity index (χ4n) is 1.99. The lowest BCUT2D eigenvalue weighted by atomic mass is 10.2. The number of pyridine rings is 1. The molecular weight excluding hydrogens is 316 g/mol. The van der Waals surface area contributed by atoms with Crippen molar-refractivity contribution in [3.63, 3.8) is 0 Å². The number of hydrogen-bond acceptors (Lipinski definition) is 3. The lowest BCUT2D eigenvalue weighted by Gasteiger charge is -2.10. The van der Waals surface area contributed by atoms with Gasteiger partial charge in [-0.05, 0) is 25.1 Å². The summed E-state index contributed by atoms with van der Waals surface area (Å²) >= 11 is 11.6. The zero-order valence-electron chi connectivity index (χ0n) is 10.8. The van der Waals surface area contributed by atoms with Gasteiger partial charge in [0, 0.05) is 0 Å². The third kappa shape index (κ3) is 2.39. The molecule has 0 bridgehead atoms. The molecule has 3 aromatic rings. The number of aryl methyl sites for hydroxylation is 1. The minimum absolute atomic E-state index is 0.110. The van der Waals surface area contributed by atoms with Crippen molar-refractivity contribution in [1.29, 1.82) is 0 Å². The predicted molar refractivity (Wildman–Crippen MR) is 79.8 cm³/mol. The minimum Gasteiger partial charge on any atom is -0.245 e. The van der Waals surface area contributed by atoms with Gasteiger partial charge in [0.2, 0.25) is 0 Å². The van der Waals surface area contributed by atoms with Crippen LogP contribution in [-0.4, -0.2) is 14.5 Å². The zero-order valence-corrected chi connectivity index (χ0v) is 12.3. The maximum absolute atomic E-state index is 13.5. The highest BCUT2D eigenvalue weighted by molar-refractivity contribution is 6.34. The number of halogens is 3. The molecule has 1 aromatic carbocycles.